The highest BCUT2D eigenvalue weighted by atomic mass is 16.1. The predicted octanol–water partition coefficient (Wildman–Crippen LogP) is 1.68. The Kier molecular flexibility index (Phi) is 4.99. The molecule has 24 heavy (non-hydrogen) atoms. The van der Waals surface area contributed by atoms with E-state index in [0.29, 0.717) is 0 Å². The van der Waals surface area contributed by atoms with Crippen LogP contribution in [-0.4, -0.2) is 58.3 Å². The summed E-state index contributed by atoms with van der Waals surface area (Å²) in [7, 11) is 0. The van der Waals surface area contributed by atoms with E-state index < -0.39 is 0 Å². The van der Waals surface area contributed by atoms with Gasteiger partial charge in [0, 0.05) is 44.8 Å². The van der Waals surface area contributed by atoms with Crippen LogP contribution in [0.15, 0.2) is 10.9 Å². The summed E-state index contributed by atoms with van der Waals surface area (Å²) >= 11 is 0. The van der Waals surface area contributed by atoms with Gasteiger partial charge >= 0.3 is 0 Å². The Balaban J connectivity index is 1.28. The van der Waals surface area contributed by atoms with E-state index in [1.165, 1.54) is 50.8 Å². The SMILES string of the molecule is O=c1cc2c(nn1CCN1CCN(C3CCCCC3)CC1)CCC2. The lowest BCUT2D eigenvalue weighted by Gasteiger charge is -2.40. The van der Waals surface area contributed by atoms with Crippen molar-refractivity contribution in [1.82, 2.24) is 19.6 Å². The molecule has 0 aromatic carbocycles. The zero-order valence-corrected chi connectivity index (χ0v) is 14.8. The number of aromatic nitrogens is 2. The number of aryl methyl sites for hydroxylation is 2. The van der Waals surface area contributed by atoms with Crippen molar-refractivity contribution in [2.45, 2.75) is 64.0 Å². The Labute approximate surface area is 144 Å². The van der Waals surface area contributed by atoms with Gasteiger partial charge in [-0.05, 0) is 37.7 Å². The van der Waals surface area contributed by atoms with E-state index in [2.05, 4.69) is 14.9 Å². The lowest BCUT2D eigenvalue weighted by Crippen LogP contribution is -2.51. The Morgan fingerprint density at radius 1 is 0.958 bits per heavy atom. The Bertz CT molecular complexity index is 612. The van der Waals surface area contributed by atoms with Crippen LogP contribution in [0.2, 0.25) is 0 Å². The van der Waals surface area contributed by atoms with E-state index in [4.69, 9.17) is 0 Å². The molecule has 132 valence electrons. The molecule has 1 aromatic rings. The maximum Gasteiger partial charge on any atom is 0.267 e. The molecule has 5 heteroatoms. The van der Waals surface area contributed by atoms with Crippen molar-refractivity contribution in [2.24, 2.45) is 0 Å². The molecule has 0 spiro atoms. The van der Waals surface area contributed by atoms with E-state index in [9.17, 15) is 4.79 Å². The summed E-state index contributed by atoms with van der Waals surface area (Å²) in [6.07, 6.45) is 10.3. The fraction of sp³-hybridized carbons (Fsp3) is 0.789. The van der Waals surface area contributed by atoms with Gasteiger partial charge in [-0.3, -0.25) is 14.6 Å². The van der Waals surface area contributed by atoms with Gasteiger partial charge in [-0.25, -0.2) is 4.68 Å². The third-order valence-electron chi connectivity index (χ3n) is 6.15. The fourth-order valence-electron chi connectivity index (χ4n) is 4.63. The molecule has 0 unspecified atom stereocenters. The van der Waals surface area contributed by atoms with E-state index in [0.717, 1.165) is 57.2 Å². The monoisotopic (exact) mass is 330 g/mol. The second-order valence-corrected chi connectivity index (χ2v) is 7.70. The summed E-state index contributed by atoms with van der Waals surface area (Å²) in [4.78, 5) is 17.4. The summed E-state index contributed by atoms with van der Waals surface area (Å²) in [5, 5.41) is 4.59. The van der Waals surface area contributed by atoms with Crippen molar-refractivity contribution in [3.8, 4) is 0 Å². The van der Waals surface area contributed by atoms with Crippen molar-refractivity contribution < 1.29 is 0 Å². The van der Waals surface area contributed by atoms with Gasteiger partial charge in [0.25, 0.3) is 5.56 Å². The van der Waals surface area contributed by atoms with Crippen molar-refractivity contribution in [3.05, 3.63) is 27.7 Å². The van der Waals surface area contributed by atoms with E-state index in [1.54, 1.807) is 4.68 Å². The lowest BCUT2D eigenvalue weighted by atomic mass is 9.94. The first-order valence-electron chi connectivity index (χ1n) is 9.86. The second-order valence-electron chi connectivity index (χ2n) is 7.70. The number of hydrogen-bond donors (Lipinski definition) is 0. The molecule has 1 saturated heterocycles. The summed E-state index contributed by atoms with van der Waals surface area (Å²) in [6.45, 7) is 6.33. The average Bonchev–Trinajstić information content (AvgIpc) is 3.08. The molecule has 5 nitrogen and oxygen atoms in total. The largest absolute Gasteiger partial charge is 0.299 e. The van der Waals surface area contributed by atoms with Crippen LogP contribution in [0.25, 0.3) is 0 Å². The van der Waals surface area contributed by atoms with Crippen LogP contribution >= 0.6 is 0 Å². The highest BCUT2D eigenvalue weighted by Crippen LogP contribution is 2.23. The van der Waals surface area contributed by atoms with Crippen molar-refractivity contribution in [1.29, 1.82) is 0 Å². The highest BCUT2D eigenvalue weighted by Gasteiger charge is 2.25. The average molecular weight is 330 g/mol. The third kappa shape index (κ3) is 3.57. The van der Waals surface area contributed by atoms with Gasteiger partial charge in [-0.2, -0.15) is 5.10 Å². The fourth-order valence-corrected chi connectivity index (χ4v) is 4.63. The number of fused-ring (bicyclic) bond motifs is 1. The number of rotatable bonds is 4. The molecule has 0 bridgehead atoms. The standard InChI is InChI=1S/C19H30N4O/c24-19-15-16-5-4-8-18(16)20-23(19)14-11-21-9-12-22(13-10-21)17-6-2-1-3-7-17/h15,17H,1-14H2. The molecule has 1 aromatic heterocycles. The molecular weight excluding hydrogens is 300 g/mol. The van der Waals surface area contributed by atoms with Crippen molar-refractivity contribution in [2.75, 3.05) is 32.7 Å². The van der Waals surface area contributed by atoms with Crippen LogP contribution in [0.5, 0.6) is 0 Å². The van der Waals surface area contributed by atoms with Crippen LogP contribution in [0.4, 0.5) is 0 Å². The van der Waals surface area contributed by atoms with Gasteiger partial charge in [-0.1, -0.05) is 19.3 Å². The molecule has 0 amide bonds. The molecular formula is C19H30N4O. The van der Waals surface area contributed by atoms with Crippen LogP contribution in [-0.2, 0) is 19.4 Å². The van der Waals surface area contributed by atoms with Gasteiger partial charge in [0.1, 0.15) is 0 Å². The molecule has 2 fully saturated rings. The van der Waals surface area contributed by atoms with Crippen LogP contribution in [0, 0.1) is 0 Å². The zero-order chi connectivity index (χ0) is 16.4. The molecule has 0 N–H and O–H groups in total. The molecule has 1 aliphatic heterocycles. The summed E-state index contributed by atoms with van der Waals surface area (Å²) in [6, 6.07) is 2.65. The van der Waals surface area contributed by atoms with Gasteiger partial charge in [0.2, 0.25) is 0 Å². The molecule has 2 aliphatic carbocycles. The van der Waals surface area contributed by atoms with E-state index in [-0.39, 0.29) is 5.56 Å². The number of nitrogens with zero attached hydrogens (tertiary/aromatic N) is 4. The van der Waals surface area contributed by atoms with Gasteiger partial charge < -0.3 is 0 Å². The van der Waals surface area contributed by atoms with E-state index >= 15 is 0 Å². The minimum absolute atomic E-state index is 0.0801. The summed E-state index contributed by atoms with van der Waals surface area (Å²) in [5.74, 6) is 0. The van der Waals surface area contributed by atoms with Gasteiger partial charge in [-0.15, -0.1) is 0 Å². The molecule has 0 atom stereocenters. The molecule has 3 aliphatic rings. The molecule has 0 radical (unpaired) electrons. The molecule has 4 rings (SSSR count). The Morgan fingerprint density at radius 2 is 1.75 bits per heavy atom. The number of piperazine rings is 1. The molecule has 1 saturated carbocycles. The van der Waals surface area contributed by atoms with Crippen molar-refractivity contribution >= 4 is 0 Å². The first kappa shape index (κ1) is 16.3. The van der Waals surface area contributed by atoms with Crippen molar-refractivity contribution in [3.63, 3.8) is 0 Å². The maximum atomic E-state index is 12.2. The zero-order valence-electron chi connectivity index (χ0n) is 14.8. The van der Waals surface area contributed by atoms with Crippen LogP contribution in [0.1, 0.15) is 49.8 Å². The Morgan fingerprint density at radius 3 is 2.54 bits per heavy atom. The first-order valence-corrected chi connectivity index (χ1v) is 9.86. The van der Waals surface area contributed by atoms with Gasteiger partial charge in [0.05, 0.1) is 12.2 Å². The van der Waals surface area contributed by atoms with Crippen LogP contribution < -0.4 is 5.56 Å². The summed E-state index contributed by atoms with van der Waals surface area (Å²) < 4.78 is 1.69. The van der Waals surface area contributed by atoms with Gasteiger partial charge in [0.15, 0.2) is 0 Å². The minimum Gasteiger partial charge on any atom is -0.299 e. The lowest BCUT2D eigenvalue weighted by molar-refractivity contribution is 0.0766. The van der Waals surface area contributed by atoms with E-state index in [1.807, 2.05) is 6.07 Å². The number of hydrogen-bond acceptors (Lipinski definition) is 4. The third-order valence-corrected chi connectivity index (χ3v) is 6.15. The second kappa shape index (κ2) is 7.36. The topological polar surface area (TPSA) is 41.4 Å². The molecule has 2 heterocycles. The maximum absolute atomic E-state index is 12.2. The Hall–Kier alpha value is -1.20. The summed E-state index contributed by atoms with van der Waals surface area (Å²) in [5.41, 5.74) is 2.41. The smallest absolute Gasteiger partial charge is 0.267 e. The predicted molar refractivity (Wildman–Crippen MR) is 95.4 cm³/mol. The van der Waals surface area contributed by atoms with Crippen LogP contribution in [0.3, 0.4) is 0 Å². The minimum atomic E-state index is 0.0801. The highest BCUT2D eigenvalue weighted by molar-refractivity contribution is 5.22. The first-order chi connectivity index (χ1) is 11.8. The quantitative estimate of drug-likeness (QED) is 0.842. The normalized spacial score (nSPS) is 23.5.